The molecule has 4 amide bonds. The van der Waals surface area contributed by atoms with Crippen molar-refractivity contribution in [3.05, 3.63) is 72.3 Å². The molecule has 196 valence electrons. The van der Waals surface area contributed by atoms with Crippen molar-refractivity contribution in [1.29, 1.82) is 0 Å². The number of anilines is 2. The number of carbonyl (C=O) groups excluding carboxylic acids is 4. The van der Waals surface area contributed by atoms with Gasteiger partial charge in [0.25, 0.3) is 5.91 Å². The molecule has 2 fully saturated rings. The zero-order chi connectivity index (χ0) is 26.6. The first-order valence-corrected chi connectivity index (χ1v) is 12.9. The maximum Gasteiger partial charge on any atom is 0.338 e. The number of likely N-dealkylation sites (tertiary alicyclic amines) is 1. The smallest absolute Gasteiger partial charge is 0.338 e. The van der Waals surface area contributed by atoms with Crippen LogP contribution in [0, 0.1) is 0 Å². The van der Waals surface area contributed by atoms with E-state index < -0.39 is 12.0 Å². The fourth-order valence-electron chi connectivity index (χ4n) is 5.11. The third-order valence-electron chi connectivity index (χ3n) is 7.07. The fourth-order valence-corrected chi connectivity index (χ4v) is 5.11. The topological polar surface area (TPSA) is 108 Å². The number of nitrogens with one attached hydrogen (secondary N) is 2. The Hall–Kier alpha value is -4.24. The number of amides is 4. The van der Waals surface area contributed by atoms with Gasteiger partial charge in [0.1, 0.15) is 0 Å². The summed E-state index contributed by atoms with van der Waals surface area (Å²) in [6.07, 6.45) is 1.47. The van der Waals surface area contributed by atoms with Crippen LogP contribution in [-0.2, 0) is 14.3 Å². The number of esters is 1. The summed E-state index contributed by atoms with van der Waals surface area (Å²) >= 11 is 0. The van der Waals surface area contributed by atoms with Crippen molar-refractivity contribution in [2.24, 2.45) is 0 Å². The van der Waals surface area contributed by atoms with Gasteiger partial charge >= 0.3 is 12.0 Å². The Kier molecular flexibility index (Phi) is 7.37. The van der Waals surface area contributed by atoms with Crippen molar-refractivity contribution in [2.75, 3.05) is 29.9 Å². The molecule has 0 bridgehead atoms. The van der Waals surface area contributed by atoms with Crippen LogP contribution in [0.2, 0.25) is 0 Å². The van der Waals surface area contributed by atoms with Crippen molar-refractivity contribution in [3.8, 4) is 0 Å². The van der Waals surface area contributed by atoms with Crippen LogP contribution in [0.1, 0.15) is 36.5 Å². The maximum atomic E-state index is 13.2. The molecule has 0 aromatic heterocycles. The Morgan fingerprint density at radius 1 is 0.947 bits per heavy atom. The second kappa shape index (κ2) is 11.0. The van der Waals surface area contributed by atoms with Gasteiger partial charge in [-0.05, 0) is 66.9 Å². The van der Waals surface area contributed by atoms with Gasteiger partial charge in [-0.15, -0.1) is 0 Å². The highest BCUT2D eigenvalue weighted by Gasteiger charge is 2.43. The van der Waals surface area contributed by atoms with Crippen LogP contribution < -0.4 is 15.5 Å². The Labute approximate surface area is 220 Å². The van der Waals surface area contributed by atoms with Crippen LogP contribution in [0.3, 0.4) is 0 Å². The van der Waals surface area contributed by atoms with Crippen LogP contribution in [0.4, 0.5) is 16.2 Å². The van der Waals surface area contributed by atoms with Gasteiger partial charge in [0.05, 0.1) is 30.3 Å². The summed E-state index contributed by atoms with van der Waals surface area (Å²) in [7, 11) is 0. The lowest BCUT2D eigenvalue weighted by atomic mass is 10.0. The minimum atomic E-state index is -0.528. The van der Waals surface area contributed by atoms with Gasteiger partial charge in [-0.3, -0.25) is 14.5 Å². The summed E-state index contributed by atoms with van der Waals surface area (Å²) < 4.78 is 4.99. The van der Waals surface area contributed by atoms with Gasteiger partial charge in [-0.25, -0.2) is 14.5 Å². The van der Waals surface area contributed by atoms with E-state index in [1.54, 1.807) is 31.2 Å². The van der Waals surface area contributed by atoms with E-state index in [4.69, 9.17) is 4.74 Å². The first-order chi connectivity index (χ1) is 18.4. The standard InChI is InChI=1S/C29H30N4O5/c1-2-38-28(36)20-8-11-24(12-9-20)33-26(34)18-25(27(33)35)32-15-13-22(14-16-32)30-29(37)31-23-10-7-19-5-3-4-6-21(19)17-23/h3-12,17,22,25H,2,13-16,18H2,1H3,(H2,30,31,37). The minimum Gasteiger partial charge on any atom is -0.462 e. The van der Waals surface area contributed by atoms with Crippen molar-refractivity contribution in [3.63, 3.8) is 0 Å². The number of imide groups is 1. The van der Waals surface area contributed by atoms with E-state index in [1.165, 1.54) is 4.90 Å². The molecule has 2 N–H and O–H groups in total. The molecule has 9 heteroatoms. The predicted octanol–water partition coefficient (Wildman–Crippen LogP) is 3.93. The van der Waals surface area contributed by atoms with Crippen molar-refractivity contribution < 1.29 is 23.9 Å². The Balaban J connectivity index is 1.14. The van der Waals surface area contributed by atoms with Crippen LogP contribution in [-0.4, -0.2) is 60.5 Å². The van der Waals surface area contributed by atoms with Crippen LogP contribution in [0.15, 0.2) is 66.7 Å². The van der Waals surface area contributed by atoms with Crippen LogP contribution in [0.25, 0.3) is 10.8 Å². The number of rotatable bonds is 6. The number of urea groups is 1. The average Bonchev–Trinajstić information content (AvgIpc) is 3.22. The summed E-state index contributed by atoms with van der Waals surface area (Å²) in [5, 5.41) is 8.10. The third kappa shape index (κ3) is 5.38. The lowest BCUT2D eigenvalue weighted by Gasteiger charge is -2.35. The Morgan fingerprint density at radius 2 is 1.66 bits per heavy atom. The monoisotopic (exact) mass is 514 g/mol. The summed E-state index contributed by atoms with van der Waals surface area (Å²) in [4.78, 5) is 53.6. The first-order valence-electron chi connectivity index (χ1n) is 12.9. The number of hydrogen-bond donors (Lipinski definition) is 2. The molecule has 9 nitrogen and oxygen atoms in total. The highest BCUT2D eigenvalue weighted by molar-refractivity contribution is 6.22. The van der Waals surface area contributed by atoms with E-state index in [-0.39, 0.29) is 36.9 Å². The molecule has 1 unspecified atom stereocenters. The quantitative estimate of drug-likeness (QED) is 0.381. The van der Waals surface area contributed by atoms with Gasteiger partial charge in [0, 0.05) is 24.8 Å². The molecule has 0 aliphatic carbocycles. The number of hydrogen-bond acceptors (Lipinski definition) is 6. The fraction of sp³-hybridized carbons (Fsp3) is 0.310. The molecule has 2 heterocycles. The van der Waals surface area contributed by atoms with Gasteiger partial charge in [0.2, 0.25) is 5.91 Å². The van der Waals surface area contributed by atoms with Gasteiger partial charge in [0.15, 0.2) is 0 Å². The molecule has 0 radical (unpaired) electrons. The van der Waals surface area contributed by atoms with Crippen molar-refractivity contribution in [1.82, 2.24) is 10.2 Å². The number of fused-ring (bicyclic) bond motifs is 1. The molecular formula is C29H30N4O5. The van der Waals surface area contributed by atoms with E-state index in [0.717, 1.165) is 16.5 Å². The zero-order valence-corrected chi connectivity index (χ0v) is 21.2. The van der Waals surface area contributed by atoms with Gasteiger partial charge < -0.3 is 15.4 Å². The number of ether oxygens (including phenoxy) is 1. The lowest BCUT2D eigenvalue weighted by molar-refractivity contribution is -0.123. The highest BCUT2D eigenvalue weighted by atomic mass is 16.5. The van der Waals surface area contributed by atoms with E-state index in [1.807, 2.05) is 47.4 Å². The molecule has 0 saturated carbocycles. The Morgan fingerprint density at radius 3 is 2.37 bits per heavy atom. The average molecular weight is 515 g/mol. The van der Waals surface area contributed by atoms with E-state index >= 15 is 0 Å². The Bertz CT molecular complexity index is 1360. The van der Waals surface area contributed by atoms with E-state index in [9.17, 15) is 19.2 Å². The maximum absolute atomic E-state index is 13.2. The van der Waals surface area contributed by atoms with E-state index in [2.05, 4.69) is 10.6 Å². The molecule has 5 rings (SSSR count). The van der Waals surface area contributed by atoms with E-state index in [0.29, 0.717) is 37.2 Å². The minimum absolute atomic E-state index is 0.0227. The summed E-state index contributed by atoms with van der Waals surface area (Å²) in [5.74, 6) is -0.975. The van der Waals surface area contributed by atoms with Crippen LogP contribution in [0.5, 0.6) is 0 Å². The second-order valence-electron chi connectivity index (χ2n) is 9.53. The number of nitrogens with zero attached hydrogens (tertiary/aromatic N) is 2. The second-order valence-corrected chi connectivity index (χ2v) is 9.53. The molecule has 3 aromatic carbocycles. The number of piperidine rings is 1. The molecule has 2 saturated heterocycles. The summed E-state index contributed by atoms with van der Waals surface area (Å²) in [6.45, 7) is 3.20. The third-order valence-corrected chi connectivity index (χ3v) is 7.07. The molecule has 38 heavy (non-hydrogen) atoms. The van der Waals surface area contributed by atoms with Crippen molar-refractivity contribution >= 4 is 46.0 Å². The van der Waals surface area contributed by atoms with Gasteiger partial charge in [-0.1, -0.05) is 30.3 Å². The molecule has 3 aromatic rings. The summed E-state index contributed by atoms with van der Waals surface area (Å²) in [6, 6.07) is 19.2. The largest absolute Gasteiger partial charge is 0.462 e. The van der Waals surface area contributed by atoms with Crippen molar-refractivity contribution in [2.45, 2.75) is 38.3 Å². The molecular weight excluding hydrogens is 484 g/mol. The number of carbonyl (C=O) groups is 4. The predicted molar refractivity (Wildman–Crippen MR) is 144 cm³/mol. The molecule has 2 aliphatic heterocycles. The first kappa shape index (κ1) is 25.4. The normalized spacial score (nSPS) is 18.6. The SMILES string of the molecule is CCOC(=O)c1ccc(N2C(=O)CC(N3CCC(NC(=O)Nc4ccc5ccccc5c4)CC3)C2=O)cc1. The summed E-state index contributed by atoms with van der Waals surface area (Å²) in [5.41, 5.74) is 1.53. The molecule has 2 aliphatic rings. The number of benzene rings is 3. The lowest BCUT2D eigenvalue weighted by Crippen LogP contribution is -2.50. The highest BCUT2D eigenvalue weighted by Crippen LogP contribution is 2.28. The molecule has 1 atom stereocenters. The zero-order valence-electron chi connectivity index (χ0n) is 21.2. The van der Waals surface area contributed by atoms with Crippen LogP contribution >= 0.6 is 0 Å². The van der Waals surface area contributed by atoms with Gasteiger partial charge in [-0.2, -0.15) is 0 Å². The molecule has 0 spiro atoms.